The van der Waals surface area contributed by atoms with Gasteiger partial charge in [0.05, 0.1) is 25.2 Å². The average molecular weight is 324 g/mol. The number of ether oxygens (including phenoxy) is 1. The van der Waals surface area contributed by atoms with E-state index >= 15 is 0 Å². The van der Waals surface area contributed by atoms with Crippen molar-refractivity contribution in [3.8, 4) is 0 Å². The summed E-state index contributed by atoms with van der Waals surface area (Å²) in [4.78, 5) is 21.5. The zero-order chi connectivity index (χ0) is 17.2. The van der Waals surface area contributed by atoms with Crippen LogP contribution in [0.25, 0.3) is 0 Å². The Kier molecular flexibility index (Phi) is 8.25. The van der Waals surface area contributed by atoms with E-state index in [1.165, 1.54) is 6.92 Å². The number of aliphatic hydroxyl groups is 1. The van der Waals surface area contributed by atoms with Gasteiger partial charge in [-0.25, -0.2) is 0 Å². The Bertz CT molecular complexity index is 485. The number of nitrogens with one attached hydrogen (secondary N) is 1. The monoisotopic (exact) mass is 324 g/mol. The molecule has 0 spiro atoms. The van der Waals surface area contributed by atoms with Crippen LogP contribution in [0.5, 0.6) is 0 Å². The van der Waals surface area contributed by atoms with Crippen LogP contribution in [0.1, 0.15) is 18.9 Å². The molecule has 1 heterocycles. The van der Waals surface area contributed by atoms with Gasteiger partial charge in [-0.05, 0) is 12.0 Å². The molecule has 5 N–H and O–H groups in total. The maximum absolute atomic E-state index is 10.7. The molecule has 128 valence electrons. The normalized spacial score (nSPS) is 21.5. The molecule has 1 aromatic carbocycles. The molecule has 0 saturated carbocycles. The molecule has 0 radical (unpaired) electrons. The van der Waals surface area contributed by atoms with Gasteiger partial charge in [-0.2, -0.15) is 0 Å². The van der Waals surface area contributed by atoms with Gasteiger partial charge in [-0.3, -0.25) is 4.79 Å². The summed E-state index contributed by atoms with van der Waals surface area (Å²) in [5, 5.41) is 22.0. The third-order valence-electron chi connectivity index (χ3n) is 3.41. The van der Waals surface area contributed by atoms with E-state index in [1.54, 1.807) is 12.1 Å². The summed E-state index contributed by atoms with van der Waals surface area (Å²) in [6, 6.07) is 8.30. The Morgan fingerprint density at radius 1 is 1.43 bits per heavy atom. The molecule has 0 aliphatic carbocycles. The number of carboxylic acids is 1. The molecule has 1 amide bonds. The number of carbonyl (C=O) groups excluding carboxylic acids is 2. The van der Waals surface area contributed by atoms with Crippen molar-refractivity contribution >= 4 is 11.9 Å². The summed E-state index contributed by atoms with van der Waals surface area (Å²) in [6.45, 7) is 2.50. The highest BCUT2D eigenvalue weighted by atomic mass is 16.5. The van der Waals surface area contributed by atoms with E-state index < -0.39 is 12.0 Å². The van der Waals surface area contributed by atoms with Crippen molar-refractivity contribution in [2.45, 2.75) is 38.0 Å². The van der Waals surface area contributed by atoms with Crippen molar-refractivity contribution in [1.82, 2.24) is 5.32 Å². The smallest absolute Gasteiger partial charge is 0.217 e. The highest BCUT2D eigenvalue weighted by molar-refractivity contribution is 5.81. The number of amides is 1. The summed E-state index contributed by atoms with van der Waals surface area (Å²) in [5.74, 6) is -1.64. The maximum atomic E-state index is 10.7. The summed E-state index contributed by atoms with van der Waals surface area (Å²) in [5.41, 5.74) is 4.60. The molecule has 3 atom stereocenters. The third-order valence-corrected chi connectivity index (χ3v) is 3.41. The van der Waals surface area contributed by atoms with Crippen molar-refractivity contribution in [2.75, 3.05) is 13.2 Å². The second-order valence-electron chi connectivity index (χ2n) is 5.45. The lowest BCUT2D eigenvalue weighted by Gasteiger charge is -2.20. The standard InChI is InChI=1S/C11H13NO3.C5H11NO2/c1-8(13)12-10(11(14)15)7-9-5-3-2-4-6-9;6-4-1-2-8-3-5(4)7/h2-6,10H,7H2,1H3,(H,12,13)(H,14,15);4-5,7H,1-3,6H2. The first kappa shape index (κ1) is 19.1. The topological polar surface area (TPSA) is 126 Å². The number of rotatable bonds is 4. The average Bonchev–Trinajstić information content (AvgIpc) is 2.51. The molecule has 3 unspecified atom stereocenters. The van der Waals surface area contributed by atoms with Crippen LogP contribution < -0.4 is 16.2 Å². The molecule has 23 heavy (non-hydrogen) atoms. The number of benzene rings is 1. The summed E-state index contributed by atoms with van der Waals surface area (Å²) in [6.07, 6.45) is 0.799. The molecule has 1 fully saturated rings. The number of carboxylic acid groups (broad SMARTS) is 1. The summed E-state index contributed by atoms with van der Waals surface area (Å²) >= 11 is 0. The first-order valence-electron chi connectivity index (χ1n) is 7.51. The second kappa shape index (κ2) is 9.94. The third kappa shape index (κ3) is 7.73. The zero-order valence-corrected chi connectivity index (χ0v) is 13.2. The van der Waals surface area contributed by atoms with Crippen molar-refractivity contribution in [3.05, 3.63) is 35.9 Å². The van der Waals surface area contributed by atoms with Crippen LogP contribution in [-0.2, 0) is 20.7 Å². The van der Waals surface area contributed by atoms with Gasteiger partial charge in [0.15, 0.2) is 0 Å². The quantitative estimate of drug-likeness (QED) is 0.583. The number of hydrogen-bond donors (Lipinski definition) is 3. The molecule has 1 aliphatic heterocycles. The molecule has 1 saturated heterocycles. The van der Waals surface area contributed by atoms with Gasteiger partial charge in [0, 0.05) is 13.3 Å². The van der Waals surface area contributed by atoms with E-state index in [1.807, 2.05) is 18.2 Å². The van der Waals surface area contributed by atoms with Crippen LogP contribution in [-0.4, -0.2) is 48.4 Å². The fraction of sp³-hybridized carbons (Fsp3) is 0.500. The minimum atomic E-state index is -1.27. The van der Waals surface area contributed by atoms with Crippen LogP contribution >= 0.6 is 0 Å². The molecule has 7 heteroatoms. The first-order valence-corrected chi connectivity index (χ1v) is 7.51. The molecular formula is C16H24N2O5. The molecule has 7 nitrogen and oxygen atoms in total. The largest absolute Gasteiger partial charge is 0.548 e. The van der Waals surface area contributed by atoms with E-state index in [0.29, 0.717) is 6.61 Å². The lowest BCUT2D eigenvalue weighted by molar-refractivity contribution is -0.448. The molecule has 2 rings (SSSR count). The fourth-order valence-corrected chi connectivity index (χ4v) is 2.06. The van der Waals surface area contributed by atoms with E-state index in [4.69, 9.17) is 9.84 Å². The van der Waals surface area contributed by atoms with Gasteiger partial charge < -0.3 is 30.8 Å². The van der Waals surface area contributed by atoms with Gasteiger partial charge in [0.1, 0.15) is 12.1 Å². The van der Waals surface area contributed by atoms with Crippen LogP contribution in [0.2, 0.25) is 0 Å². The minimum absolute atomic E-state index is 0.184. The molecule has 0 aromatic heterocycles. The maximum Gasteiger partial charge on any atom is 0.217 e. The van der Waals surface area contributed by atoms with Gasteiger partial charge in [0.2, 0.25) is 5.91 Å². The minimum Gasteiger partial charge on any atom is -0.548 e. The SMILES string of the molecule is CC(=O)NC(Cc1ccccc1)C(=O)[O-].[NH3+]C1CCOCC1O. The Morgan fingerprint density at radius 3 is 2.52 bits per heavy atom. The van der Waals surface area contributed by atoms with Gasteiger partial charge in [0.25, 0.3) is 0 Å². The van der Waals surface area contributed by atoms with Crippen molar-refractivity contribution < 1.29 is 30.3 Å². The van der Waals surface area contributed by atoms with Crippen molar-refractivity contribution in [1.29, 1.82) is 0 Å². The van der Waals surface area contributed by atoms with Crippen LogP contribution in [0.15, 0.2) is 30.3 Å². The highest BCUT2D eigenvalue weighted by Crippen LogP contribution is 2.03. The van der Waals surface area contributed by atoms with Gasteiger partial charge in [-0.15, -0.1) is 0 Å². The number of aliphatic carboxylic acids is 1. The van der Waals surface area contributed by atoms with Crippen molar-refractivity contribution in [3.63, 3.8) is 0 Å². The predicted octanol–water partition coefficient (Wildman–Crippen LogP) is -2.14. The van der Waals surface area contributed by atoms with Crippen LogP contribution in [0, 0.1) is 0 Å². The molecular weight excluding hydrogens is 300 g/mol. The van der Waals surface area contributed by atoms with Crippen LogP contribution in [0.3, 0.4) is 0 Å². The van der Waals surface area contributed by atoms with Gasteiger partial charge >= 0.3 is 0 Å². The first-order chi connectivity index (χ1) is 10.9. The van der Waals surface area contributed by atoms with E-state index in [9.17, 15) is 14.7 Å². The predicted molar refractivity (Wildman–Crippen MR) is 80.9 cm³/mol. The Hall–Kier alpha value is -1.96. The Morgan fingerprint density at radius 2 is 2.09 bits per heavy atom. The lowest BCUT2D eigenvalue weighted by atomic mass is 10.1. The number of carbonyl (C=O) groups is 2. The van der Waals surface area contributed by atoms with E-state index in [0.717, 1.165) is 18.6 Å². The van der Waals surface area contributed by atoms with Crippen molar-refractivity contribution in [2.24, 2.45) is 0 Å². The number of aliphatic hydroxyl groups excluding tert-OH is 1. The molecule has 0 bridgehead atoms. The Labute approximate surface area is 135 Å². The fourth-order valence-electron chi connectivity index (χ4n) is 2.06. The second-order valence-corrected chi connectivity index (χ2v) is 5.45. The summed E-state index contributed by atoms with van der Waals surface area (Å²) < 4.78 is 4.96. The molecule has 1 aliphatic rings. The summed E-state index contributed by atoms with van der Waals surface area (Å²) in [7, 11) is 0. The van der Waals surface area contributed by atoms with Crippen LogP contribution in [0.4, 0.5) is 0 Å². The Balaban J connectivity index is 0.000000277. The molecule has 1 aromatic rings. The van der Waals surface area contributed by atoms with E-state index in [-0.39, 0.29) is 24.5 Å². The lowest BCUT2D eigenvalue weighted by Crippen LogP contribution is -2.68. The van der Waals surface area contributed by atoms with E-state index in [2.05, 4.69) is 11.1 Å². The van der Waals surface area contributed by atoms with Gasteiger partial charge in [-0.1, -0.05) is 30.3 Å². The number of hydrogen-bond acceptors (Lipinski definition) is 5. The number of quaternary nitrogens is 1. The highest BCUT2D eigenvalue weighted by Gasteiger charge is 2.22. The zero-order valence-electron chi connectivity index (χ0n) is 13.2.